The zero-order chi connectivity index (χ0) is 16.4. The standard InChI is InChI=1S/C17H15ClN2O2S/c1-11(16(21)19-10-12-5-4-6-13(18)9-12)20-17(22)14-7-2-3-8-15(14)23-20/h2-9,11H,10H2,1H3,(H,19,21)/t11-/m0/s1. The summed E-state index contributed by atoms with van der Waals surface area (Å²) in [7, 11) is 0. The Morgan fingerprint density at radius 3 is 2.78 bits per heavy atom. The lowest BCUT2D eigenvalue weighted by Crippen LogP contribution is -2.33. The molecule has 1 N–H and O–H groups in total. The van der Waals surface area contributed by atoms with Gasteiger partial charge >= 0.3 is 0 Å². The van der Waals surface area contributed by atoms with Crippen LogP contribution in [0.3, 0.4) is 0 Å². The summed E-state index contributed by atoms with van der Waals surface area (Å²) in [5.74, 6) is -0.196. The smallest absolute Gasteiger partial charge is 0.269 e. The average molecular weight is 347 g/mol. The first-order valence-corrected chi connectivity index (χ1v) is 8.34. The zero-order valence-electron chi connectivity index (χ0n) is 12.5. The number of carbonyl (C=O) groups is 1. The molecule has 0 saturated carbocycles. The monoisotopic (exact) mass is 346 g/mol. The number of hydrogen-bond acceptors (Lipinski definition) is 3. The molecule has 0 spiro atoms. The maximum atomic E-state index is 12.4. The van der Waals surface area contributed by atoms with E-state index in [4.69, 9.17) is 11.6 Å². The third kappa shape index (κ3) is 3.30. The van der Waals surface area contributed by atoms with E-state index in [1.165, 1.54) is 15.5 Å². The molecule has 6 heteroatoms. The number of amides is 1. The molecule has 118 valence electrons. The van der Waals surface area contributed by atoms with Crippen molar-refractivity contribution in [3.63, 3.8) is 0 Å². The van der Waals surface area contributed by atoms with Gasteiger partial charge in [0.1, 0.15) is 6.04 Å². The molecule has 1 atom stereocenters. The largest absolute Gasteiger partial charge is 0.350 e. The molecule has 0 saturated heterocycles. The Hall–Kier alpha value is -2.11. The maximum absolute atomic E-state index is 12.4. The molecule has 3 aromatic rings. The van der Waals surface area contributed by atoms with Crippen molar-refractivity contribution in [2.45, 2.75) is 19.5 Å². The van der Waals surface area contributed by atoms with Gasteiger partial charge < -0.3 is 5.32 Å². The van der Waals surface area contributed by atoms with Gasteiger partial charge in [-0.3, -0.25) is 13.5 Å². The van der Waals surface area contributed by atoms with Crippen molar-refractivity contribution < 1.29 is 4.79 Å². The summed E-state index contributed by atoms with van der Waals surface area (Å²) >= 11 is 7.23. The number of carbonyl (C=O) groups excluding carboxylic acids is 1. The third-order valence-corrected chi connectivity index (χ3v) is 5.07. The van der Waals surface area contributed by atoms with Crippen molar-refractivity contribution in [1.29, 1.82) is 0 Å². The van der Waals surface area contributed by atoms with Crippen LogP contribution >= 0.6 is 23.1 Å². The first-order chi connectivity index (χ1) is 11.1. The molecule has 23 heavy (non-hydrogen) atoms. The van der Waals surface area contributed by atoms with E-state index in [9.17, 15) is 9.59 Å². The second-order valence-electron chi connectivity index (χ2n) is 5.24. The summed E-state index contributed by atoms with van der Waals surface area (Å²) in [5, 5.41) is 4.12. The number of rotatable bonds is 4. The van der Waals surface area contributed by atoms with Crippen LogP contribution in [-0.2, 0) is 11.3 Å². The number of fused-ring (bicyclic) bond motifs is 1. The fourth-order valence-corrected chi connectivity index (χ4v) is 3.59. The highest BCUT2D eigenvalue weighted by molar-refractivity contribution is 7.14. The van der Waals surface area contributed by atoms with Crippen LogP contribution in [-0.4, -0.2) is 9.86 Å². The third-order valence-electron chi connectivity index (χ3n) is 3.60. The molecule has 0 bridgehead atoms. The summed E-state index contributed by atoms with van der Waals surface area (Å²) in [6.07, 6.45) is 0. The first kappa shape index (κ1) is 15.8. The molecule has 1 aromatic heterocycles. The van der Waals surface area contributed by atoms with Crippen LogP contribution < -0.4 is 10.9 Å². The van der Waals surface area contributed by atoms with Gasteiger partial charge in [-0.1, -0.05) is 47.4 Å². The Balaban J connectivity index is 1.76. The van der Waals surface area contributed by atoms with Gasteiger partial charge in [0.05, 0.1) is 10.1 Å². The van der Waals surface area contributed by atoms with Crippen molar-refractivity contribution in [3.05, 3.63) is 69.5 Å². The predicted molar refractivity (Wildman–Crippen MR) is 94.1 cm³/mol. The average Bonchev–Trinajstić information content (AvgIpc) is 2.89. The van der Waals surface area contributed by atoms with Crippen molar-refractivity contribution in [2.75, 3.05) is 0 Å². The lowest BCUT2D eigenvalue weighted by Gasteiger charge is -2.12. The molecule has 2 aromatic carbocycles. The van der Waals surface area contributed by atoms with Crippen molar-refractivity contribution in [1.82, 2.24) is 9.27 Å². The Labute approximate surface area is 142 Å². The molecule has 0 aliphatic carbocycles. The Kier molecular flexibility index (Phi) is 4.50. The van der Waals surface area contributed by atoms with Gasteiger partial charge in [0, 0.05) is 11.6 Å². The number of benzene rings is 2. The van der Waals surface area contributed by atoms with Gasteiger partial charge in [-0.25, -0.2) is 0 Å². The molecule has 0 radical (unpaired) electrons. The fraction of sp³-hybridized carbons (Fsp3) is 0.176. The molecule has 4 nitrogen and oxygen atoms in total. The van der Waals surface area contributed by atoms with E-state index >= 15 is 0 Å². The molecular formula is C17H15ClN2O2S. The van der Waals surface area contributed by atoms with Crippen molar-refractivity contribution in [2.24, 2.45) is 0 Å². The zero-order valence-corrected chi connectivity index (χ0v) is 14.0. The molecule has 3 rings (SSSR count). The van der Waals surface area contributed by atoms with Gasteiger partial charge in [0.25, 0.3) is 5.56 Å². The maximum Gasteiger partial charge on any atom is 0.269 e. The van der Waals surface area contributed by atoms with E-state index in [0.717, 1.165) is 10.3 Å². The van der Waals surface area contributed by atoms with Crippen LogP contribution in [0.2, 0.25) is 5.02 Å². The van der Waals surface area contributed by atoms with Crippen LogP contribution in [0.5, 0.6) is 0 Å². The predicted octanol–water partition coefficient (Wildman–Crippen LogP) is 3.59. The molecule has 1 heterocycles. The van der Waals surface area contributed by atoms with E-state index < -0.39 is 6.04 Å². The Morgan fingerprint density at radius 1 is 1.26 bits per heavy atom. The van der Waals surface area contributed by atoms with Gasteiger partial charge in [0.2, 0.25) is 5.91 Å². The van der Waals surface area contributed by atoms with E-state index in [1.807, 2.05) is 30.3 Å². The molecular weight excluding hydrogens is 332 g/mol. The summed E-state index contributed by atoms with van der Waals surface area (Å²) in [5.41, 5.74) is 0.790. The van der Waals surface area contributed by atoms with Gasteiger partial charge in [-0.2, -0.15) is 0 Å². The lowest BCUT2D eigenvalue weighted by molar-refractivity contribution is -0.123. The summed E-state index contributed by atoms with van der Waals surface area (Å²) in [6.45, 7) is 2.10. The minimum Gasteiger partial charge on any atom is -0.350 e. The summed E-state index contributed by atoms with van der Waals surface area (Å²) < 4.78 is 2.39. The highest BCUT2D eigenvalue weighted by Crippen LogP contribution is 2.19. The van der Waals surface area contributed by atoms with E-state index in [2.05, 4.69) is 5.32 Å². The van der Waals surface area contributed by atoms with Crippen LogP contribution in [0.1, 0.15) is 18.5 Å². The number of halogens is 1. The van der Waals surface area contributed by atoms with Crippen LogP contribution in [0, 0.1) is 0 Å². The quantitative estimate of drug-likeness (QED) is 0.784. The molecule has 1 amide bonds. The van der Waals surface area contributed by atoms with Gasteiger partial charge in [-0.05, 0) is 36.8 Å². The lowest BCUT2D eigenvalue weighted by atomic mass is 10.2. The fourth-order valence-electron chi connectivity index (χ4n) is 2.33. The second kappa shape index (κ2) is 6.56. The van der Waals surface area contributed by atoms with Crippen LogP contribution in [0.15, 0.2) is 53.3 Å². The SMILES string of the molecule is C[C@@H](C(=O)NCc1cccc(Cl)c1)n1sc2ccccc2c1=O. The van der Waals surface area contributed by atoms with Crippen LogP contribution in [0.25, 0.3) is 10.1 Å². The molecule has 0 aliphatic heterocycles. The molecule has 0 fully saturated rings. The van der Waals surface area contributed by atoms with E-state index in [-0.39, 0.29) is 11.5 Å². The molecule has 0 unspecified atom stereocenters. The first-order valence-electron chi connectivity index (χ1n) is 7.19. The number of nitrogens with zero attached hydrogens (tertiary/aromatic N) is 1. The summed E-state index contributed by atoms with van der Waals surface area (Å²) in [6, 6.07) is 14.1. The summed E-state index contributed by atoms with van der Waals surface area (Å²) in [4.78, 5) is 24.7. The Bertz CT molecular complexity index is 916. The minimum absolute atomic E-state index is 0.129. The number of nitrogens with one attached hydrogen (secondary N) is 1. The molecule has 0 aliphatic rings. The van der Waals surface area contributed by atoms with Crippen molar-refractivity contribution in [3.8, 4) is 0 Å². The second-order valence-corrected chi connectivity index (χ2v) is 6.69. The topological polar surface area (TPSA) is 51.1 Å². The van der Waals surface area contributed by atoms with E-state index in [0.29, 0.717) is 17.0 Å². The highest BCUT2D eigenvalue weighted by Gasteiger charge is 2.19. The van der Waals surface area contributed by atoms with Crippen molar-refractivity contribution >= 4 is 39.1 Å². The van der Waals surface area contributed by atoms with E-state index in [1.54, 1.807) is 25.1 Å². The highest BCUT2D eigenvalue weighted by atomic mass is 35.5. The van der Waals surface area contributed by atoms with Crippen LogP contribution in [0.4, 0.5) is 0 Å². The van der Waals surface area contributed by atoms with Gasteiger partial charge in [-0.15, -0.1) is 0 Å². The normalized spacial score (nSPS) is 12.3. The van der Waals surface area contributed by atoms with Gasteiger partial charge in [0.15, 0.2) is 0 Å². The Morgan fingerprint density at radius 2 is 2.04 bits per heavy atom. The minimum atomic E-state index is -0.556. The number of hydrogen-bond donors (Lipinski definition) is 1. The number of aromatic nitrogens is 1.